The maximum absolute atomic E-state index is 12.0. The summed E-state index contributed by atoms with van der Waals surface area (Å²) in [6.07, 6.45) is -3.02. The molecule has 1 aliphatic rings. The Morgan fingerprint density at radius 1 is 1.46 bits per heavy atom. The first-order valence-electron chi connectivity index (χ1n) is 4.24. The third kappa shape index (κ3) is 2.54. The SMILES string of the molecule is CC(C)OC(=O)N1CC(C(F)F)C1. The molecule has 0 aromatic carbocycles. The zero-order valence-corrected chi connectivity index (χ0v) is 7.67. The lowest BCUT2D eigenvalue weighted by Gasteiger charge is -2.37. The van der Waals surface area contributed by atoms with Crippen LogP contribution in [-0.2, 0) is 4.74 Å². The van der Waals surface area contributed by atoms with Crippen LogP contribution in [0.1, 0.15) is 13.8 Å². The van der Waals surface area contributed by atoms with Gasteiger partial charge in [0.2, 0.25) is 6.43 Å². The van der Waals surface area contributed by atoms with E-state index in [1.165, 1.54) is 4.90 Å². The second-order valence-electron chi connectivity index (χ2n) is 3.43. The van der Waals surface area contributed by atoms with Crippen molar-refractivity contribution in [3.63, 3.8) is 0 Å². The number of hydrogen-bond acceptors (Lipinski definition) is 2. The van der Waals surface area contributed by atoms with E-state index >= 15 is 0 Å². The summed E-state index contributed by atoms with van der Waals surface area (Å²) in [5.41, 5.74) is 0. The van der Waals surface area contributed by atoms with E-state index in [4.69, 9.17) is 4.74 Å². The maximum atomic E-state index is 12.0. The van der Waals surface area contributed by atoms with E-state index < -0.39 is 18.4 Å². The van der Waals surface area contributed by atoms with Gasteiger partial charge in [0.05, 0.1) is 12.0 Å². The quantitative estimate of drug-likeness (QED) is 0.668. The van der Waals surface area contributed by atoms with E-state index in [9.17, 15) is 13.6 Å². The minimum absolute atomic E-state index is 0.114. The van der Waals surface area contributed by atoms with Gasteiger partial charge < -0.3 is 9.64 Å². The molecule has 3 nitrogen and oxygen atoms in total. The molecule has 1 heterocycles. The van der Waals surface area contributed by atoms with Crippen molar-refractivity contribution in [1.82, 2.24) is 4.90 Å². The topological polar surface area (TPSA) is 29.5 Å². The second-order valence-corrected chi connectivity index (χ2v) is 3.43. The summed E-state index contributed by atoms with van der Waals surface area (Å²) in [5, 5.41) is 0. The number of hydrogen-bond donors (Lipinski definition) is 0. The fourth-order valence-corrected chi connectivity index (χ4v) is 1.10. The van der Waals surface area contributed by atoms with Gasteiger partial charge in [-0.2, -0.15) is 0 Å². The van der Waals surface area contributed by atoms with Crippen molar-refractivity contribution >= 4 is 6.09 Å². The van der Waals surface area contributed by atoms with Crippen LogP contribution in [0.2, 0.25) is 0 Å². The molecule has 5 heteroatoms. The third-order valence-corrected chi connectivity index (χ3v) is 1.86. The molecular weight excluding hydrogens is 180 g/mol. The molecule has 1 fully saturated rings. The molecule has 0 atom stereocenters. The molecule has 76 valence electrons. The highest BCUT2D eigenvalue weighted by Crippen LogP contribution is 2.23. The Morgan fingerprint density at radius 3 is 2.38 bits per heavy atom. The molecule has 0 aromatic rings. The van der Waals surface area contributed by atoms with E-state index in [2.05, 4.69) is 0 Å². The molecule has 0 aromatic heterocycles. The minimum atomic E-state index is -2.33. The van der Waals surface area contributed by atoms with Crippen LogP contribution in [0.5, 0.6) is 0 Å². The van der Waals surface area contributed by atoms with E-state index in [0.717, 1.165) is 0 Å². The second kappa shape index (κ2) is 3.89. The van der Waals surface area contributed by atoms with Gasteiger partial charge in [-0.3, -0.25) is 0 Å². The smallest absolute Gasteiger partial charge is 0.410 e. The molecule has 0 unspecified atom stereocenters. The lowest BCUT2D eigenvalue weighted by Crippen LogP contribution is -2.53. The van der Waals surface area contributed by atoms with Crippen LogP contribution >= 0.6 is 0 Å². The summed E-state index contributed by atoms with van der Waals surface area (Å²) < 4.78 is 28.8. The molecule has 1 amide bonds. The van der Waals surface area contributed by atoms with E-state index in [1.54, 1.807) is 13.8 Å². The molecule has 0 radical (unpaired) electrons. The number of amides is 1. The predicted molar refractivity (Wildman–Crippen MR) is 42.7 cm³/mol. The van der Waals surface area contributed by atoms with Gasteiger partial charge in [0.25, 0.3) is 0 Å². The van der Waals surface area contributed by atoms with Gasteiger partial charge in [-0.05, 0) is 13.8 Å². The number of alkyl halides is 2. The Balaban J connectivity index is 2.23. The van der Waals surface area contributed by atoms with Crippen LogP contribution in [-0.4, -0.2) is 36.6 Å². The molecule has 1 aliphatic heterocycles. The molecule has 1 rings (SSSR count). The van der Waals surface area contributed by atoms with E-state index in [0.29, 0.717) is 0 Å². The molecule has 0 aliphatic carbocycles. The number of rotatable bonds is 2. The molecule has 0 N–H and O–H groups in total. The Labute approximate surface area is 75.7 Å². The summed E-state index contributed by atoms with van der Waals surface area (Å²) in [6, 6.07) is 0. The normalized spacial score (nSPS) is 17.8. The molecule has 0 bridgehead atoms. The van der Waals surface area contributed by atoms with Crippen LogP contribution in [0.4, 0.5) is 13.6 Å². The van der Waals surface area contributed by atoms with Crippen LogP contribution in [0.25, 0.3) is 0 Å². The predicted octanol–water partition coefficient (Wildman–Crippen LogP) is 1.73. The van der Waals surface area contributed by atoms with Crippen molar-refractivity contribution < 1.29 is 18.3 Å². The fourth-order valence-electron chi connectivity index (χ4n) is 1.10. The number of carbonyl (C=O) groups excluding carboxylic acids is 1. The van der Waals surface area contributed by atoms with E-state index in [-0.39, 0.29) is 19.2 Å². The zero-order chi connectivity index (χ0) is 10.0. The van der Waals surface area contributed by atoms with E-state index in [1.807, 2.05) is 0 Å². The Bertz CT molecular complexity index is 191. The lowest BCUT2D eigenvalue weighted by molar-refractivity contribution is -0.0275. The standard InChI is InChI=1S/C8H13F2NO2/c1-5(2)13-8(12)11-3-6(4-11)7(9)10/h5-7H,3-4H2,1-2H3. The maximum Gasteiger partial charge on any atom is 0.410 e. The van der Waals surface area contributed by atoms with Crippen molar-refractivity contribution in [1.29, 1.82) is 0 Å². The van der Waals surface area contributed by atoms with Crippen molar-refractivity contribution in [2.75, 3.05) is 13.1 Å². The van der Waals surface area contributed by atoms with Crippen molar-refractivity contribution in [3.8, 4) is 0 Å². The van der Waals surface area contributed by atoms with Crippen LogP contribution in [0.15, 0.2) is 0 Å². The number of halogens is 2. The van der Waals surface area contributed by atoms with Crippen molar-refractivity contribution in [2.24, 2.45) is 5.92 Å². The fraction of sp³-hybridized carbons (Fsp3) is 0.875. The first-order chi connectivity index (χ1) is 6.00. The largest absolute Gasteiger partial charge is 0.447 e. The lowest BCUT2D eigenvalue weighted by atomic mass is 10.0. The van der Waals surface area contributed by atoms with Gasteiger partial charge in [-0.25, -0.2) is 13.6 Å². The summed E-state index contributed by atoms with van der Waals surface area (Å²) in [5.74, 6) is -0.667. The molecular formula is C8H13F2NO2. The first-order valence-corrected chi connectivity index (χ1v) is 4.24. The zero-order valence-electron chi connectivity index (χ0n) is 7.67. The van der Waals surface area contributed by atoms with Crippen molar-refractivity contribution in [2.45, 2.75) is 26.4 Å². The average Bonchev–Trinajstić information content (AvgIpc) is 1.79. The number of likely N-dealkylation sites (tertiary alicyclic amines) is 1. The van der Waals surface area contributed by atoms with Crippen LogP contribution in [0, 0.1) is 5.92 Å². The Morgan fingerprint density at radius 2 is 2.00 bits per heavy atom. The van der Waals surface area contributed by atoms with Gasteiger partial charge >= 0.3 is 6.09 Å². The van der Waals surface area contributed by atoms with Gasteiger partial charge in [-0.1, -0.05) is 0 Å². The number of nitrogens with zero attached hydrogens (tertiary/aromatic N) is 1. The molecule has 0 spiro atoms. The molecule has 13 heavy (non-hydrogen) atoms. The van der Waals surface area contributed by atoms with Gasteiger partial charge in [0.15, 0.2) is 0 Å². The number of carbonyl (C=O) groups is 1. The summed E-state index contributed by atoms with van der Waals surface area (Å²) in [7, 11) is 0. The summed E-state index contributed by atoms with van der Waals surface area (Å²) >= 11 is 0. The van der Waals surface area contributed by atoms with Gasteiger partial charge in [-0.15, -0.1) is 0 Å². The van der Waals surface area contributed by atoms with Crippen molar-refractivity contribution in [3.05, 3.63) is 0 Å². The third-order valence-electron chi connectivity index (χ3n) is 1.86. The highest BCUT2D eigenvalue weighted by molar-refractivity contribution is 5.68. The number of ether oxygens (including phenoxy) is 1. The van der Waals surface area contributed by atoms with Crippen LogP contribution in [0.3, 0.4) is 0 Å². The Hall–Kier alpha value is -0.870. The highest BCUT2D eigenvalue weighted by atomic mass is 19.3. The minimum Gasteiger partial charge on any atom is -0.447 e. The summed E-state index contributed by atoms with van der Waals surface area (Å²) in [4.78, 5) is 12.4. The summed E-state index contributed by atoms with van der Waals surface area (Å²) in [6.45, 7) is 3.68. The monoisotopic (exact) mass is 193 g/mol. The van der Waals surface area contributed by atoms with Gasteiger partial charge in [0, 0.05) is 13.1 Å². The highest BCUT2D eigenvalue weighted by Gasteiger charge is 2.37. The Kier molecular flexibility index (Phi) is 3.06. The molecule has 1 saturated heterocycles. The average molecular weight is 193 g/mol. The first kappa shape index (κ1) is 10.2. The van der Waals surface area contributed by atoms with Crippen LogP contribution < -0.4 is 0 Å². The van der Waals surface area contributed by atoms with Gasteiger partial charge in [0.1, 0.15) is 0 Å². The molecule has 0 saturated carbocycles.